The van der Waals surface area contributed by atoms with E-state index in [1.807, 2.05) is 0 Å². The number of hydrogen-bond donors (Lipinski definition) is 1. The third-order valence-corrected chi connectivity index (χ3v) is 3.64. The molecule has 0 radical (unpaired) electrons. The molecule has 10 heteroatoms. The van der Waals surface area contributed by atoms with E-state index in [2.05, 4.69) is 20.4 Å². The second-order valence-electron chi connectivity index (χ2n) is 5.54. The summed E-state index contributed by atoms with van der Waals surface area (Å²) in [5.74, 6) is -0.128. The number of aromatic nitrogens is 2. The number of carbonyl (C=O) groups excluding carboxylic acids is 1. The highest BCUT2D eigenvalue weighted by atomic mass is 19.4. The number of carbonyl (C=O) groups is 1. The lowest BCUT2D eigenvalue weighted by Crippen LogP contribution is -2.28. The van der Waals surface area contributed by atoms with E-state index < -0.39 is 17.6 Å². The summed E-state index contributed by atoms with van der Waals surface area (Å²) in [6.45, 7) is 1.78. The molecule has 0 atom stereocenters. The molecule has 0 aliphatic heterocycles. The predicted octanol–water partition coefficient (Wildman–Crippen LogP) is 2.96. The Morgan fingerprint density at radius 3 is 2.54 bits per heavy atom. The van der Waals surface area contributed by atoms with Crippen molar-refractivity contribution in [3.05, 3.63) is 53.7 Å². The number of rotatable bonds is 7. The van der Waals surface area contributed by atoms with Crippen LogP contribution in [0.25, 0.3) is 5.69 Å². The molecule has 0 saturated heterocycles. The maximum atomic E-state index is 12.6. The van der Waals surface area contributed by atoms with Gasteiger partial charge in [-0.1, -0.05) is 5.16 Å². The van der Waals surface area contributed by atoms with Gasteiger partial charge in [0.1, 0.15) is 13.7 Å². The molecule has 0 unspecified atom stereocenters. The van der Waals surface area contributed by atoms with Crippen LogP contribution >= 0.6 is 0 Å². The minimum absolute atomic E-state index is 0.107. The van der Waals surface area contributed by atoms with Gasteiger partial charge in [0.25, 0.3) is 5.91 Å². The van der Waals surface area contributed by atoms with E-state index in [1.165, 1.54) is 31.0 Å². The Hall–Kier alpha value is -3.30. The summed E-state index contributed by atoms with van der Waals surface area (Å²) in [6.07, 6.45) is -1.19. The number of halogens is 3. The van der Waals surface area contributed by atoms with Crippen LogP contribution in [0.5, 0.6) is 5.88 Å². The molecular formula is C18H19F3N4O3. The molecular weight excluding hydrogens is 377 g/mol. The second-order valence-corrected chi connectivity index (χ2v) is 5.54. The fraction of sp³-hybridized carbons (Fsp3) is 0.278. The fourth-order valence-electron chi connectivity index (χ4n) is 2.18. The first kappa shape index (κ1) is 21.0. The minimum atomic E-state index is -4.39. The van der Waals surface area contributed by atoms with Crippen LogP contribution in [-0.4, -0.2) is 42.2 Å². The van der Waals surface area contributed by atoms with Crippen molar-refractivity contribution in [1.29, 1.82) is 0 Å². The number of ether oxygens (including phenoxy) is 1. The van der Waals surface area contributed by atoms with Crippen LogP contribution in [0, 0.1) is 0 Å². The van der Waals surface area contributed by atoms with Crippen molar-refractivity contribution < 1.29 is 27.5 Å². The summed E-state index contributed by atoms with van der Waals surface area (Å²) in [4.78, 5) is 16.4. The molecule has 2 aromatic rings. The van der Waals surface area contributed by atoms with Gasteiger partial charge in [-0.2, -0.15) is 13.2 Å². The fourth-order valence-corrected chi connectivity index (χ4v) is 2.18. The maximum Gasteiger partial charge on any atom is 0.416 e. The molecule has 1 amide bonds. The SMILES string of the molecule is CNC(=O)C(=NOC)C(C)=CCOc1ccn(-c2ccc(C(F)(F)F)cc2)n1. The first-order valence-electron chi connectivity index (χ1n) is 8.12. The van der Waals surface area contributed by atoms with Crippen LogP contribution < -0.4 is 10.1 Å². The number of alkyl halides is 3. The van der Waals surface area contributed by atoms with Crippen LogP contribution in [-0.2, 0) is 15.8 Å². The summed E-state index contributed by atoms with van der Waals surface area (Å²) < 4.78 is 44.7. The quantitative estimate of drug-likeness (QED) is 0.577. The van der Waals surface area contributed by atoms with Crippen molar-refractivity contribution in [2.24, 2.45) is 5.16 Å². The minimum Gasteiger partial charge on any atom is -0.472 e. The molecule has 0 fully saturated rings. The van der Waals surface area contributed by atoms with Gasteiger partial charge in [-0.05, 0) is 42.8 Å². The standard InChI is InChI=1S/C18H19F3N4O3/c1-12(16(24-27-3)17(26)22-2)9-11-28-15-8-10-25(23-15)14-6-4-13(5-7-14)18(19,20)21/h4-10H,11H2,1-3H3,(H,22,26). The van der Waals surface area contributed by atoms with Gasteiger partial charge in [0.05, 0.1) is 11.3 Å². The molecule has 150 valence electrons. The van der Waals surface area contributed by atoms with Gasteiger partial charge < -0.3 is 14.9 Å². The number of nitrogens with one attached hydrogen (secondary N) is 1. The molecule has 28 heavy (non-hydrogen) atoms. The van der Waals surface area contributed by atoms with Crippen molar-refractivity contribution in [2.75, 3.05) is 20.8 Å². The van der Waals surface area contributed by atoms with Crippen molar-refractivity contribution in [1.82, 2.24) is 15.1 Å². The average Bonchev–Trinajstić information content (AvgIpc) is 3.13. The van der Waals surface area contributed by atoms with Crippen LogP contribution in [0.4, 0.5) is 13.2 Å². The molecule has 7 nitrogen and oxygen atoms in total. The highest BCUT2D eigenvalue weighted by molar-refractivity contribution is 6.44. The molecule has 1 aromatic carbocycles. The number of benzene rings is 1. The Morgan fingerprint density at radius 2 is 1.96 bits per heavy atom. The van der Waals surface area contributed by atoms with Crippen LogP contribution in [0.3, 0.4) is 0 Å². The number of oxime groups is 1. The third kappa shape index (κ3) is 5.35. The lowest BCUT2D eigenvalue weighted by molar-refractivity contribution is -0.137. The van der Waals surface area contributed by atoms with Crippen LogP contribution in [0.2, 0.25) is 0 Å². The monoisotopic (exact) mass is 396 g/mol. The van der Waals surface area contributed by atoms with E-state index in [-0.39, 0.29) is 18.2 Å². The first-order valence-corrected chi connectivity index (χ1v) is 8.12. The molecule has 1 heterocycles. The molecule has 0 saturated carbocycles. The Morgan fingerprint density at radius 1 is 1.29 bits per heavy atom. The van der Waals surface area contributed by atoms with E-state index in [1.54, 1.807) is 25.3 Å². The lowest BCUT2D eigenvalue weighted by Gasteiger charge is -2.07. The number of amides is 1. The Labute approximate surface area is 159 Å². The first-order chi connectivity index (χ1) is 13.3. The third-order valence-electron chi connectivity index (χ3n) is 3.64. The maximum absolute atomic E-state index is 12.6. The summed E-state index contributed by atoms with van der Waals surface area (Å²) in [5.41, 5.74) is 0.390. The van der Waals surface area contributed by atoms with Crippen LogP contribution in [0.15, 0.2) is 53.3 Å². The average molecular weight is 396 g/mol. The molecule has 2 rings (SSSR count). The molecule has 0 spiro atoms. The van der Waals surface area contributed by atoms with Gasteiger partial charge in [-0.15, -0.1) is 5.10 Å². The number of hydrogen-bond acceptors (Lipinski definition) is 5. The van der Waals surface area contributed by atoms with E-state index in [0.29, 0.717) is 11.3 Å². The van der Waals surface area contributed by atoms with Gasteiger partial charge in [0, 0.05) is 19.3 Å². The molecule has 1 N–H and O–H groups in total. The van der Waals surface area contributed by atoms with Gasteiger partial charge in [0.2, 0.25) is 5.88 Å². The Balaban J connectivity index is 2.03. The summed E-state index contributed by atoms with van der Waals surface area (Å²) >= 11 is 0. The van der Waals surface area contributed by atoms with E-state index in [9.17, 15) is 18.0 Å². The largest absolute Gasteiger partial charge is 0.472 e. The zero-order valence-corrected chi connectivity index (χ0v) is 15.4. The van der Waals surface area contributed by atoms with Crippen LogP contribution in [0.1, 0.15) is 12.5 Å². The zero-order valence-electron chi connectivity index (χ0n) is 15.4. The molecule has 0 bridgehead atoms. The van der Waals surface area contributed by atoms with E-state index >= 15 is 0 Å². The Bertz CT molecular complexity index is 871. The highest BCUT2D eigenvalue weighted by Gasteiger charge is 2.30. The van der Waals surface area contributed by atoms with Gasteiger partial charge in [0.15, 0.2) is 5.71 Å². The normalized spacial score (nSPS) is 12.6. The zero-order chi connectivity index (χ0) is 20.7. The second kappa shape index (κ2) is 9.07. The Kier molecular flexibility index (Phi) is 6.80. The van der Waals surface area contributed by atoms with Gasteiger partial charge >= 0.3 is 6.18 Å². The highest BCUT2D eigenvalue weighted by Crippen LogP contribution is 2.29. The van der Waals surface area contributed by atoms with Crippen molar-refractivity contribution in [3.63, 3.8) is 0 Å². The van der Waals surface area contributed by atoms with Crippen molar-refractivity contribution in [2.45, 2.75) is 13.1 Å². The summed E-state index contributed by atoms with van der Waals surface area (Å²) in [6, 6.07) is 6.18. The smallest absolute Gasteiger partial charge is 0.416 e. The predicted molar refractivity (Wildman–Crippen MR) is 96.3 cm³/mol. The van der Waals surface area contributed by atoms with Crippen molar-refractivity contribution in [3.8, 4) is 11.6 Å². The van der Waals surface area contributed by atoms with Crippen molar-refractivity contribution >= 4 is 11.6 Å². The van der Waals surface area contributed by atoms with E-state index in [0.717, 1.165) is 12.1 Å². The molecule has 0 aliphatic carbocycles. The molecule has 0 aliphatic rings. The van der Waals surface area contributed by atoms with E-state index in [4.69, 9.17) is 4.74 Å². The summed E-state index contributed by atoms with van der Waals surface area (Å²) in [7, 11) is 2.81. The topological polar surface area (TPSA) is 77.7 Å². The number of nitrogens with zero attached hydrogens (tertiary/aromatic N) is 3. The summed E-state index contributed by atoms with van der Waals surface area (Å²) in [5, 5.41) is 10.3. The molecule has 1 aromatic heterocycles. The van der Waals surface area contributed by atoms with Gasteiger partial charge in [-0.25, -0.2) is 4.68 Å². The van der Waals surface area contributed by atoms with Gasteiger partial charge in [-0.3, -0.25) is 4.79 Å². The lowest BCUT2D eigenvalue weighted by atomic mass is 10.1.